The van der Waals surface area contributed by atoms with Crippen LogP contribution in [-0.2, 0) is 10.0 Å². The van der Waals surface area contributed by atoms with Gasteiger partial charge in [-0.1, -0.05) is 23.8 Å². The number of anilines is 1. The van der Waals surface area contributed by atoms with Crippen LogP contribution in [0.5, 0.6) is 0 Å². The Kier molecular flexibility index (Phi) is 4.10. The SMILES string of the molecule is Cc1ccc(S(=O)(=O)N(C#N)c2cccc([N+](=O)[O-])c2)cc1. The Labute approximate surface area is 127 Å². The van der Waals surface area contributed by atoms with E-state index in [2.05, 4.69) is 0 Å². The van der Waals surface area contributed by atoms with E-state index in [1.807, 2.05) is 0 Å². The third-order valence-electron chi connectivity index (χ3n) is 2.93. The highest BCUT2D eigenvalue weighted by Gasteiger charge is 2.26. The summed E-state index contributed by atoms with van der Waals surface area (Å²) in [7, 11) is -4.11. The van der Waals surface area contributed by atoms with Gasteiger partial charge in [-0.2, -0.15) is 18.0 Å². The first-order valence-corrected chi connectivity index (χ1v) is 7.56. The number of nitrogens with zero attached hydrogens (tertiary/aromatic N) is 3. The van der Waals surface area contributed by atoms with Gasteiger partial charge in [0.1, 0.15) is 0 Å². The third kappa shape index (κ3) is 2.89. The molecule has 0 aliphatic carbocycles. The van der Waals surface area contributed by atoms with Gasteiger partial charge in [0, 0.05) is 12.1 Å². The third-order valence-corrected chi connectivity index (χ3v) is 4.57. The minimum Gasteiger partial charge on any atom is -0.258 e. The van der Waals surface area contributed by atoms with Gasteiger partial charge in [0.25, 0.3) is 15.7 Å². The summed E-state index contributed by atoms with van der Waals surface area (Å²) in [5.74, 6) is 0. The van der Waals surface area contributed by atoms with Gasteiger partial charge in [0.2, 0.25) is 0 Å². The van der Waals surface area contributed by atoms with Crippen LogP contribution in [0.25, 0.3) is 0 Å². The molecule has 0 aliphatic rings. The van der Waals surface area contributed by atoms with Crippen LogP contribution in [0.15, 0.2) is 53.4 Å². The van der Waals surface area contributed by atoms with E-state index >= 15 is 0 Å². The molecule has 0 saturated carbocycles. The molecule has 0 spiro atoms. The molecule has 0 aromatic heterocycles. The van der Waals surface area contributed by atoms with Crippen molar-refractivity contribution in [3.05, 3.63) is 64.2 Å². The normalized spacial score (nSPS) is 10.7. The number of rotatable bonds is 4. The van der Waals surface area contributed by atoms with Crippen molar-refractivity contribution in [1.29, 1.82) is 5.26 Å². The largest absolute Gasteiger partial charge is 0.276 e. The molecule has 0 saturated heterocycles. The van der Waals surface area contributed by atoms with Crippen LogP contribution in [0.1, 0.15) is 5.56 Å². The van der Waals surface area contributed by atoms with Crippen LogP contribution >= 0.6 is 0 Å². The van der Waals surface area contributed by atoms with Gasteiger partial charge in [0.15, 0.2) is 6.19 Å². The summed E-state index contributed by atoms with van der Waals surface area (Å²) in [5, 5.41) is 20.0. The Hall–Kier alpha value is -2.92. The predicted molar refractivity (Wildman–Crippen MR) is 79.6 cm³/mol. The minimum absolute atomic E-state index is 0.0637. The summed E-state index contributed by atoms with van der Waals surface area (Å²) in [6, 6.07) is 10.9. The maximum atomic E-state index is 12.5. The molecule has 22 heavy (non-hydrogen) atoms. The molecule has 0 amide bonds. The van der Waals surface area contributed by atoms with Crippen LogP contribution in [0.2, 0.25) is 0 Å². The fourth-order valence-corrected chi connectivity index (χ4v) is 2.99. The Morgan fingerprint density at radius 1 is 1.18 bits per heavy atom. The number of nitro benzene ring substituents is 1. The van der Waals surface area contributed by atoms with Crippen LogP contribution in [0, 0.1) is 28.5 Å². The highest BCUT2D eigenvalue weighted by molar-refractivity contribution is 7.93. The van der Waals surface area contributed by atoms with Gasteiger partial charge in [-0.25, -0.2) is 0 Å². The van der Waals surface area contributed by atoms with E-state index in [1.54, 1.807) is 25.2 Å². The minimum atomic E-state index is -4.11. The average Bonchev–Trinajstić information content (AvgIpc) is 2.48. The van der Waals surface area contributed by atoms with Crippen molar-refractivity contribution in [2.24, 2.45) is 0 Å². The highest BCUT2D eigenvalue weighted by atomic mass is 32.2. The van der Waals surface area contributed by atoms with E-state index in [0.29, 0.717) is 4.31 Å². The number of hydrogen-bond donors (Lipinski definition) is 0. The second-order valence-corrected chi connectivity index (χ2v) is 6.25. The van der Waals surface area contributed by atoms with Crippen molar-refractivity contribution < 1.29 is 13.3 Å². The van der Waals surface area contributed by atoms with Crippen molar-refractivity contribution in [2.75, 3.05) is 4.31 Å². The Balaban J connectivity index is 2.52. The van der Waals surface area contributed by atoms with Crippen molar-refractivity contribution in [1.82, 2.24) is 0 Å². The number of benzene rings is 2. The first-order chi connectivity index (χ1) is 10.4. The summed E-state index contributed by atoms with van der Waals surface area (Å²) in [5.41, 5.74) is 0.493. The first kappa shape index (κ1) is 15.5. The lowest BCUT2D eigenvalue weighted by Crippen LogP contribution is -2.26. The van der Waals surface area contributed by atoms with Crippen LogP contribution in [-0.4, -0.2) is 13.3 Å². The molecule has 0 bridgehead atoms. The lowest BCUT2D eigenvalue weighted by Gasteiger charge is -2.15. The van der Waals surface area contributed by atoms with Crippen LogP contribution in [0.3, 0.4) is 0 Å². The molecule has 2 rings (SSSR count). The van der Waals surface area contributed by atoms with E-state index in [0.717, 1.165) is 11.6 Å². The fourth-order valence-electron chi connectivity index (χ4n) is 1.80. The second kappa shape index (κ2) is 5.83. The van der Waals surface area contributed by atoms with E-state index in [-0.39, 0.29) is 16.3 Å². The number of hydrogen-bond acceptors (Lipinski definition) is 5. The molecule has 2 aromatic rings. The number of nitro groups is 1. The molecule has 0 fully saturated rings. The van der Waals surface area contributed by atoms with E-state index in [1.165, 1.54) is 30.3 Å². The maximum Gasteiger partial charge on any atom is 0.276 e. The lowest BCUT2D eigenvalue weighted by molar-refractivity contribution is -0.384. The molecular formula is C14H11N3O4S. The molecule has 0 unspecified atom stereocenters. The molecule has 7 nitrogen and oxygen atoms in total. The fraction of sp³-hybridized carbons (Fsp3) is 0.0714. The highest BCUT2D eigenvalue weighted by Crippen LogP contribution is 2.26. The van der Waals surface area contributed by atoms with E-state index < -0.39 is 14.9 Å². The zero-order valence-electron chi connectivity index (χ0n) is 11.5. The van der Waals surface area contributed by atoms with Crippen molar-refractivity contribution >= 4 is 21.4 Å². The zero-order valence-corrected chi connectivity index (χ0v) is 12.3. The summed E-state index contributed by atoms with van der Waals surface area (Å²) in [4.78, 5) is 10.1. The zero-order chi connectivity index (χ0) is 16.3. The van der Waals surface area contributed by atoms with Gasteiger partial charge in [0.05, 0.1) is 15.5 Å². The molecule has 112 valence electrons. The lowest BCUT2D eigenvalue weighted by atomic mass is 10.2. The Morgan fingerprint density at radius 3 is 2.36 bits per heavy atom. The Bertz CT molecular complexity index is 854. The Morgan fingerprint density at radius 2 is 1.82 bits per heavy atom. The molecule has 0 N–H and O–H groups in total. The molecule has 2 aromatic carbocycles. The summed E-state index contributed by atoms with van der Waals surface area (Å²) in [6.07, 6.45) is 1.56. The number of non-ortho nitro benzene ring substituents is 1. The van der Waals surface area contributed by atoms with E-state index in [9.17, 15) is 23.8 Å². The monoisotopic (exact) mass is 317 g/mol. The standard InChI is InChI=1S/C14H11N3O4S/c1-11-5-7-14(8-6-11)22(20,21)16(10-15)12-3-2-4-13(9-12)17(18)19/h2-9H,1H3. The molecule has 0 aliphatic heterocycles. The summed E-state index contributed by atoms with van der Waals surface area (Å²) >= 11 is 0. The number of aryl methyl sites for hydroxylation is 1. The quantitative estimate of drug-likeness (QED) is 0.373. The summed E-state index contributed by atoms with van der Waals surface area (Å²) < 4.78 is 25.4. The number of nitriles is 1. The van der Waals surface area contributed by atoms with Gasteiger partial charge in [-0.05, 0) is 25.1 Å². The predicted octanol–water partition coefficient (Wildman–Crippen LogP) is 2.58. The van der Waals surface area contributed by atoms with Crippen LogP contribution in [0.4, 0.5) is 11.4 Å². The molecule has 0 heterocycles. The number of sulfonamides is 1. The molecule has 8 heteroatoms. The molecular weight excluding hydrogens is 306 g/mol. The van der Waals surface area contributed by atoms with E-state index in [4.69, 9.17) is 0 Å². The molecule has 0 radical (unpaired) electrons. The van der Waals surface area contributed by atoms with Crippen molar-refractivity contribution in [2.45, 2.75) is 11.8 Å². The maximum absolute atomic E-state index is 12.5. The average molecular weight is 317 g/mol. The van der Waals surface area contributed by atoms with Gasteiger partial charge < -0.3 is 0 Å². The molecule has 0 atom stereocenters. The first-order valence-electron chi connectivity index (χ1n) is 6.12. The van der Waals surface area contributed by atoms with Crippen LogP contribution < -0.4 is 4.31 Å². The second-order valence-electron chi connectivity index (χ2n) is 4.46. The smallest absolute Gasteiger partial charge is 0.258 e. The van der Waals surface area contributed by atoms with Crippen molar-refractivity contribution in [3.8, 4) is 6.19 Å². The van der Waals surface area contributed by atoms with Gasteiger partial charge >= 0.3 is 0 Å². The van der Waals surface area contributed by atoms with Gasteiger partial charge in [-0.15, -0.1) is 0 Å². The topological polar surface area (TPSA) is 104 Å². The van der Waals surface area contributed by atoms with Crippen molar-refractivity contribution in [3.63, 3.8) is 0 Å². The summed E-state index contributed by atoms with van der Waals surface area (Å²) in [6.45, 7) is 1.80. The van der Waals surface area contributed by atoms with Gasteiger partial charge in [-0.3, -0.25) is 10.1 Å².